The van der Waals surface area contributed by atoms with Crippen molar-refractivity contribution in [1.82, 2.24) is 0 Å². The predicted molar refractivity (Wildman–Crippen MR) is 70.9 cm³/mol. The fourth-order valence-corrected chi connectivity index (χ4v) is 1.62. The van der Waals surface area contributed by atoms with Gasteiger partial charge in [-0.2, -0.15) is 0 Å². The zero-order valence-corrected chi connectivity index (χ0v) is 9.91. The number of nitrogens with one attached hydrogen (secondary N) is 1. The molecular formula is C14H11BFNO. The van der Waals surface area contributed by atoms with Crippen molar-refractivity contribution in [3.05, 3.63) is 59.4 Å². The Balaban J connectivity index is 2.21. The first-order valence-electron chi connectivity index (χ1n) is 5.49. The normalized spacial score (nSPS) is 10.1. The molecule has 2 aromatic carbocycles. The van der Waals surface area contributed by atoms with E-state index in [-0.39, 0.29) is 11.7 Å². The van der Waals surface area contributed by atoms with Gasteiger partial charge in [-0.15, -0.1) is 0 Å². The highest BCUT2D eigenvalue weighted by Gasteiger charge is 2.09. The monoisotopic (exact) mass is 239 g/mol. The molecule has 2 nitrogen and oxygen atoms in total. The summed E-state index contributed by atoms with van der Waals surface area (Å²) in [5, 5.41) is 2.69. The Morgan fingerprint density at radius 2 is 1.83 bits per heavy atom. The Bertz CT molecular complexity index is 581. The third-order valence-electron chi connectivity index (χ3n) is 2.61. The summed E-state index contributed by atoms with van der Waals surface area (Å²) in [6, 6.07) is 10.8. The second-order valence-electron chi connectivity index (χ2n) is 4.04. The molecule has 0 unspecified atom stereocenters. The van der Waals surface area contributed by atoms with Gasteiger partial charge in [-0.1, -0.05) is 23.7 Å². The fourth-order valence-electron chi connectivity index (χ4n) is 1.62. The van der Waals surface area contributed by atoms with Crippen LogP contribution in [0.2, 0.25) is 0 Å². The van der Waals surface area contributed by atoms with E-state index >= 15 is 0 Å². The molecule has 0 aromatic heterocycles. The second-order valence-corrected chi connectivity index (χ2v) is 4.04. The van der Waals surface area contributed by atoms with E-state index in [1.165, 1.54) is 24.3 Å². The summed E-state index contributed by atoms with van der Waals surface area (Å²) in [7, 11) is 5.65. The lowest BCUT2D eigenvalue weighted by Crippen LogP contribution is -2.16. The van der Waals surface area contributed by atoms with Crippen molar-refractivity contribution in [2.24, 2.45) is 0 Å². The van der Waals surface area contributed by atoms with E-state index in [2.05, 4.69) is 5.32 Å². The van der Waals surface area contributed by atoms with E-state index in [9.17, 15) is 9.18 Å². The Labute approximate surface area is 106 Å². The topological polar surface area (TPSA) is 29.1 Å². The van der Waals surface area contributed by atoms with E-state index in [0.717, 1.165) is 5.56 Å². The highest BCUT2D eigenvalue weighted by molar-refractivity contribution is 6.32. The standard InChI is InChI=1S/C14H11BFNO/c1-9-2-3-10(15)8-13(9)14(18)17-12-6-4-11(16)5-7-12/h2-8H,1H3,(H,17,18). The maximum atomic E-state index is 12.7. The van der Waals surface area contributed by atoms with Crippen molar-refractivity contribution in [1.29, 1.82) is 0 Å². The molecule has 0 aliphatic carbocycles. The van der Waals surface area contributed by atoms with Crippen LogP contribution in [0, 0.1) is 12.7 Å². The van der Waals surface area contributed by atoms with Gasteiger partial charge in [-0.05, 0) is 36.8 Å². The molecule has 0 saturated heterocycles. The molecule has 1 amide bonds. The molecule has 0 bridgehead atoms. The Morgan fingerprint density at radius 1 is 1.17 bits per heavy atom. The first-order valence-corrected chi connectivity index (χ1v) is 5.49. The first-order chi connectivity index (χ1) is 8.56. The summed E-state index contributed by atoms with van der Waals surface area (Å²) in [4.78, 5) is 12.0. The number of aryl methyl sites for hydroxylation is 1. The predicted octanol–water partition coefficient (Wildman–Crippen LogP) is 2.18. The Hall–Kier alpha value is -2.10. The molecule has 0 fully saturated rings. The summed E-state index contributed by atoms with van der Waals surface area (Å²) < 4.78 is 12.7. The van der Waals surface area contributed by atoms with Crippen LogP contribution in [0.1, 0.15) is 15.9 Å². The number of anilines is 1. The Kier molecular flexibility index (Phi) is 3.46. The molecule has 0 heterocycles. The van der Waals surface area contributed by atoms with Crippen LogP contribution in [-0.4, -0.2) is 13.8 Å². The summed E-state index contributed by atoms with van der Waals surface area (Å²) in [6.07, 6.45) is 0. The van der Waals surface area contributed by atoms with Crippen LogP contribution in [0.25, 0.3) is 0 Å². The van der Waals surface area contributed by atoms with Gasteiger partial charge in [0.2, 0.25) is 0 Å². The SMILES string of the molecule is [B]c1ccc(C)c(C(=O)Nc2ccc(F)cc2)c1. The summed E-state index contributed by atoms with van der Waals surface area (Å²) in [5.41, 5.74) is 2.43. The molecule has 2 aromatic rings. The van der Waals surface area contributed by atoms with Crippen LogP contribution in [0.5, 0.6) is 0 Å². The molecule has 18 heavy (non-hydrogen) atoms. The molecule has 1 N–H and O–H groups in total. The average molecular weight is 239 g/mol. The van der Waals surface area contributed by atoms with Crippen molar-refractivity contribution >= 4 is 24.9 Å². The lowest BCUT2D eigenvalue weighted by Gasteiger charge is -2.08. The molecular weight excluding hydrogens is 228 g/mol. The highest BCUT2D eigenvalue weighted by Crippen LogP contribution is 2.12. The van der Waals surface area contributed by atoms with Gasteiger partial charge < -0.3 is 5.32 Å². The van der Waals surface area contributed by atoms with Gasteiger partial charge in [0, 0.05) is 11.3 Å². The third-order valence-corrected chi connectivity index (χ3v) is 2.61. The van der Waals surface area contributed by atoms with Gasteiger partial charge in [-0.3, -0.25) is 4.79 Å². The highest BCUT2D eigenvalue weighted by atomic mass is 19.1. The van der Waals surface area contributed by atoms with Crippen molar-refractivity contribution in [3.63, 3.8) is 0 Å². The first kappa shape index (κ1) is 12.4. The number of benzene rings is 2. The number of hydrogen-bond acceptors (Lipinski definition) is 1. The van der Waals surface area contributed by atoms with Gasteiger partial charge in [0.25, 0.3) is 5.91 Å². The van der Waals surface area contributed by atoms with Crippen LogP contribution in [0.15, 0.2) is 42.5 Å². The van der Waals surface area contributed by atoms with Crippen molar-refractivity contribution in [3.8, 4) is 0 Å². The van der Waals surface area contributed by atoms with Gasteiger partial charge in [0.15, 0.2) is 0 Å². The molecule has 88 valence electrons. The quantitative estimate of drug-likeness (QED) is 0.799. The lowest BCUT2D eigenvalue weighted by atomic mass is 9.92. The van der Waals surface area contributed by atoms with Crippen LogP contribution < -0.4 is 10.8 Å². The van der Waals surface area contributed by atoms with Crippen molar-refractivity contribution in [2.75, 3.05) is 5.32 Å². The van der Waals surface area contributed by atoms with Gasteiger partial charge in [0.05, 0.1) is 0 Å². The second kappa shape index (κ2) is 5.04. The lowest BCUT2D eigenvalue weighted by molar-refractivity contribution is 0.102. The largest absolute Gasteiger partial charge is 0.322 e. The number of carbonyl (C=O) groups excluding carboxylic acids is 1. The number of carbonyl (C=O) groups is 1. The minimum atomic E-state index is -0.340. The van der Waals surface area contributed by atoms with E-state index in [1.807, 2.05) is 6.92 Å². The summed E-state index contributed by atoms with van der Waals surface area (Å²) in [5.74, 6) is -0.598. The zero-order valence-electron chi connectivity index (χ0n) is 9.91. The maximum Gasteiger partial charge on any atom is 0.255 e. The van der Waals surface area contributed by atoms with Crippen molar-refractivity contribution in [2.45, 2.75) is 6.92 Å². The molecule has 0 atom stereocenters. The smallest absolute Gasteiger partial charge is 0.255 e. The molecule has 0 aliphatic rings. The summed E-state index contributed by atoms with van der Waals surface area (Å²) >= 11 is 0. The molecule has 0 spiro atoms. The van der Waals surface area contributed by atoms with Gasteiger partial charge in [0.1, 0.15) is 13.7 Å². The minimum absolute atomic E-state index is 0.258. The van der Waals surface area contributed by atoms with Crippen LogP contribution in [-0.2, 0) is 0 Å². The molecule has 2 radical (unpaired) electrons. The number of amides is 1. The fraction of sp³-hybridized carbons (Fsp3) is 0.0714. The van der Waals surface area contributed by atoms with E-state index < -0.39 is 0 Å². The zero-order chi connectivity index (χ0) is 13.1. The molecule has 0 aliphatic heterocycles. The van der Waals surface area contributed by atoms with E-state index in [1.54, 1.807) is 18.2 Å². The molecule has 0 saturated carbocycles. The Morgan fingerprint density at radius 3 is 2.50 bits per heavy atom. The van der Waals surface area contributed by atoms with Crippen LogP contribution >= 0.6 is 0 Å². The van der Waals surface area contributed by atoms with Gasteiger partial charge in [-0.25, -0.2) is 4.39 Å². The summed E-state index contributed by atoms with van der Waals surface area (Å²) in [6.45, 7) is 1.83. The number of rotatable bonds is 2. The van der Waals surface area contributed by atoms with Crippen molar-refractivity contribution < 1.29 is 9.18 Å². The minimum Gasteiger partial charge on any atom is -0.322 e. The third kappa shape index (κ3) is 2.77. The van der Waals surface area contributed by atoms with Crippen LogP contribution in [0.4, 0.5) is 10.1 Å². The van der Waals surface area contributed by atoms with E-state index in [0.29, 0.717) is 16.7 Å². The number of hydrogen-bond donors (Lipinski definition) is 1. The van der Waals surface area contributed by atoms with E-state index in [4.69, 9.17) is 7.85 Å². The van der Waals surface area contributed by atoms with Crippen LogP contribution in [0.3, 0.4) is 0 Å². The van der Waals surface area contributed by atoms with Gasteiger partial charge >= 0.3 is 0 Å². The molecule has 4 heteroatoms. The maximum absolute atomic E-state index is 12.7. The average Bonchev–Trinajstić information content (AvgIpc) is 2.35. The molecule has 2 rings (SSSR count). The number of halogens is 1.